The molecule has 1 heterocycles. The molecule has 112 valence electrons. The van der Waals surface area contributed by atoms with Crippen LogP contribution in [0.25, 0.3) is 0 Å². The quantitative estimate of drug-likeness (QED) is 0.810. The first-order valence-corrected chi connectivity index (χ1v) is 7.31. The van der Waals surface area contributed by atoms with Crippen molar-refractivity contribution in [2.24, 2.45) is 5.73 Å². The average Bonchev–Trinajstić information content (AvgIpc) is 2.53. The van der Waals surface area contributed by atoms with Crippen LogP contribution in [0.4, 0.5) is 0 Å². The molecule has 2 aromatic rings. The van der Waals surface area contributed by atoms with Crippen molar-refractivity contribution in [2.45, 2.75) is 26.4 Å². The Bertz CT molecular complexity index is 544. The second-order valence-electron chi connectivity index (χ2n) is 4.80. The van der Waals surface area contributed by atoms with Crippen molar-refractivity contribution in [2.75, 3.05) is 13.2 Å². The van der Waals surface area contributed by atoms with Gasteiger partial charge in [-0.25, -0.2) is 0 Å². The first kappa shape index (κ1) is 15.3. The zero-order chi connectivity index (χ0) is 14.9. The number of hydrogen-bond acceptors (Lipinski definition) is 4. The number of rotatable bonds is 8. The molecule has 0 saturated heterocycles. The van der Waals surface area contributed by atoms with Crippen molar-refractivity contribution in [3.8, 4) is 11.5 Å². The maximum atomic E-state index is 5.93. The van der Waals surface area contributed by atoms with Crippen LogP contribution in [0.1, 0.15) is 24.5 Å². The molecule has 0 unspecified atom stereocenters. The smallest absolute Gasteiger partial charge is 0.126 e. The molecule has 4 heteroatoms. The summed E-state index contributed by atoms with van der Waals surface area (Å²) in [7, 11) is 0. The standard InChI is InChI=1S/C17H22N2O2/c1-2-11-20-16-4-3-15(5-8-18)17(12-16)21-13-14-6-9-19-10-7-14/h3-4,6-7,9-10,12H,2,5,8,11,13,18H2,1H3. The van der Waals surface area contributed by atoms with Crippen LogP contribution in [0.2, 0.25) is 0 Å². The molecule has 4 nitrogen and oxygen atoms in total. The molecule has 0 aliphatic rings. The molecule has 21 heavy (non-hydrogen) atoms. The summed E-state index contributed by atoms with van der Waals surface area (Å²) in [6.07, 6.45) is 5.30. The topological polar surface area (TPSA) is 57.4 Å². The third-order valence-corrected chi connectivity index (χ3v) is 3.07. The second kappa shape index (κ2) is 8.27. The fraction of sp³-hybridized carbons (Fsp3) is 0.353. The Morgan fingerprint density at radius 1 is 1.10 bits per heavy atom. The Hall–Kier alpha value is -2.07. The van der Waals surface area contributed by atoms with Gasteiger partial charge in [0.2, 0.25) is 0 Å². The number of nitrogens with two attached hydrogens (primary N) is 1. The molecular formula is C17H22N2O2. The Kier molecular flexibility index (Phi) is 6.03. The van der Waals surface area contributed by atoms with Crippen molar-refractivity contribution in [3.63, 3.8) is 0 Å². The highest BCUT2D eigenvalue weighted by atomic mass is 16.5. The van der Waals surface area contributed by atoms with Crippen molar-refractivity contribution in [1.29, 1.82) is 0 Å². The van der Waals surface area contributed by atoms with Gasteiger partial charge in [-0.05, 0) is 48.7 Å². The predicted molar refractivity (Wildman–Crippen MR) is 83.6 cm³/mol. The molecule has 0 bridgehead atoms. The fourth-order valence-electron chi connectivity index (χ4n) is 1.98. The van der Waals surface area contributed by atoms with Gasteiger partial charge in [0, 0.05) is 18.5 Å². The van der Waals surface area contributed by atoms with Crippen molar-refractivity contribution in [3.05, 3.63) is 53.9 Å². The van der Waals surface area contributed by atoms with Gasteiger partial charge in [-0.15, -0.1) is 0 Å². The summed E-state index contributed by atoms with van der Waals surface area (Å²) < 4.78 is 11.6. The molecule has 0 fully saturated rings. The highest BCUT2D eigenvalue weighted by molar-refractivity contribution is 5.41. The van der Waals surface area contributed by atoms with E-state index in [0.717, 1.165) is 35.5 Å². The third-order valence-electron chi connectivity index (χ3n) is 3.07. The van der Waals surface area contributed by atoms with E-state index in [1.165, 1.54) is 0 Å². The summed E-state index contributed by atoms with van der Waals surface area (Å²) in [6.45, 7) is 3.90. The van der Waals surface area contributed by atoms with E-state index in [1.807, 2.05) is 30.3 Å². The Labute approximate surface area is 125 Å². The molecule has 0 saturated carbocycles. The lowest BCUT2D eigenvalue weighted by molar-refractivity contribution is 0.292. The number of ether oxygens (including phenoxy) is 2. The summed E-state index contributed by atoms with van der Waals surface area (Å²) in [4.78, 5) is 4.00. The van der Waals surface area contributed by atoms with Crippen molar-refractivity contribution < 1.29 is 9.47 Å². The van der Waals surface area contributed by atoms with Crippen LogP contribution in [-0.2, 0) is 13.0 Å². The number of hydrogen-bond donors (Lipinski definition) is 1. The molecule has 2 N–H and O–H groups in total. The van der Waals surface area contributed by atoms with E-state index >= 15 is 0 Å². The lowest BCUT2D eigenvalue weighted by Crippen LogP contribution is -2.06. The van der Waals surface area contributed by atoms with E-state index in [2.05, 4.69) is 11.9 Å². The van der Waals surface area contributed by atoms with Gasteiger partial charge in [-0.3, -0.25) is 4.98 Å². The van der Waals surface area contributed by atoms with Crippen LogP contribution >= 0.6 is 0 Å². The second-order valence-corrected chi connectivity index (χ2v) is 4.80. The molecular weight excluding hydrogens is 264 g/mol. The summed E-state index contributed by atoms with van der Waals surface area (Å²) >= 11 is 0. The average molecular weight is 286 g/mol. The minimum Gasteiger partial charge on any atom is -0.493 e. The molecule has 0 amide bonds. The molecule has 0 aliphatic carbocycles. The van der Waals surface area contributed by atoms with E-state index < -0.39 is 0 Å². The first-order valence-electron chi connectivity index (χ1n) is 7.31. The number of pyridine rings is 1. The molecule has 0 aliphatic heterocycles. The van der Waals surface area contributed by atoms with E-state index in [4.69, 9.17) is 15.2 Å². The van der Waals surface area contributed by atoms with Crippen molar-refractivity contribution in [1.82, 2.24) is 4.98 Å². The summed E-state index contributed by atoms with van der Waals surface area (Å²) in [6, 6.07) is 9.83. The zero-order valence-corrected chi connectivity index (χ0v) is 12.4. The van der Waals surface area contributed by atoms with Gasteiger partial charge in [0.25, 0.3) is 0 Å². The molecule has 1 aromatic carbocycles. The van der Waals surface area contributed by atoms with Gasteiger partial charge < -0.3 is 15.2 Å². The number of aromatic nitrogens is 1. The number of nitrogens with zero attached hydrogens (tertiary/aromatic N) is 1. The Morgan fingerprint density at radius 3 is 2.62 bits per heavy atom. The molecule has 0 radical (unpaired) electrons. The molecule has 2 rings (SSSR count). The largest absolute Gasteiger partial charge is 0.493 e. The molecule has 1 aromatic heterocycles. The fourth-order valence-corrected chi connectivity index (χ4v) is 1.98. The molecule has 0 spiro atoms. The first-order chi connectivity index (χ1) is 10.3. The van der Waals surface area contributed by atoms with Crippen LogP contribution in [0.3, 0.4) is 0 Å². The van der Waals surface area contributed by atoms with Crippen molar-refractivity contribution >= 4 is 0 Å². The summed E-state index contributed by atoms with van der Waals surface area (Å²) in [5.41, 5.74) is 7.85. The SMILES string of the molecule is CCCOc1ccc(CCN)c(OCc2ccncc2)c1. The van der Waals surface area contributed by atoms with Gasteiger partial charge in [-0.2, -0.15) is 0 Å². The third kappa shape index (κ3) is 4.76. The van der Waals surface area contributed by atoms with Crippen LogP contribution in [0, 0.1) is 0 Å². The molecule has 0 atom stereocenters. The Balaban J connectivity index is 2.09. The lowest BCUT2D eigenvalue weighted by Gasteiger charge is -2.13. The summed E-state index contributed by atoms with van der Waals surface area (Å²) in [5.74, 6) is 1.67. The predicted octanol–water partition coefficient (Wildman–Crippen LogP) is 2.95. The minimum absolute atomic E-state index is 0.511. The van der Waals surface area contributed by atoms with Crippen LogP contribution in [-0.4, -0.2) is 18.1 Å². The van der Waals surface area contributed by atoms with E-state index in [0.29, 0.717) is 19.8 Å². The zero-order valence-electron chi connectivity index (χ0n) is 12.4. The summed E-state index contributed by atoms with van der Waals surface area (Å²) in [5, 5.41) is 0. The normalized spacial score (nSPS) is 10.4. The minimum atomic E-state index is 0.511. The van der Waals surface area contributed by atoms with Crippen LogP contribution < -0.4 is 15.2 Å². The van der Waals surface area contributed by atoms with Gasteiger partial charge in [-0.1, -0.05) is 13.0 Å². The van der Waals surface area contributed by atoms with Gasteiger partial charge >= 0.3 is 0 Å². The maximum Gasteiger partial charge on any atom is 0.126 e. The van der Waals surface area contributed by atoms with Gasteiger partial charge in [0.1, 0.15) is 18.1 Å². The lowest BCUT2D eigenvalue weighted by atomic mass is 10.1. The van der Waals surface area contributed by atoms with E-state index in [-0.39, 0.29) is 0 Å². The van der Waals surface area contributed by atoms with Crippen LogP contribution in [0.15, 0.2) is 42.7 Å². The van der Waals surface area contributed by atoms with E-state index in [1.54, 1.807) is 12.4 Å². The monoisotopic (exact) mass is 286 g/mol. The van der Waals surface area contributed by atoms with Gasteiger partial charge in [0.05, 0.1) is 6.61 Å². The highest BCUT2D eigenvalue weighted by Crippen LogP contribution is 2.26. The number of benzene rings is 1. The van der Waals surface area contributed by atoms with Crippen LogP contribution in [0.5, 0.6) is 11.5 Å². The van der Waals surface area contributed by atoms with E-state index in [9.17, 15) is 0 Å². The Morgan fingerprint density at radius 2 is 1.90 bits per heavy atom. The van der Waals surface area contributed by atoms with Gasteiger partial charge in [0.15, 0.2) is 0 Å². The maximum absolute atomic E-state index is 5.93. The highest BCUT2D eigenvalue weighted by Gasteiger charge is 2.06.